The van der Waals surface area contributed by atoms with Crippen molar-refractivity contribution in [1.82, 2.24) is 10.3 Å². The van der Waals surface area contributed by atoms with Crippen molar-refractivity contribution in [3.63, 3.8) is 0 Å². The normalized spacial score (nSPS) is 14.0. The fraction of sp³-hybridized carbons (Fsp3) is 0.812. The summed E-state index contributed by atoms with van der Waals surface area (Å²) >= 11 is 1.80. The molecule has 0 aromatic carbocycles. The molecule has 0 aliphatic carbocycles. The van der Waals surface area contributed by atoms with Crippen LogP contribution in [0.1, 0.15) is 76.1 Å². The summed E-state index contributed by atoms with van der Waals surface area (Å²) in [6.45, 7) is 17.9. The number of thiazole rings is 1. The molecule has 0 aliphatic rings. The minimum absolute atomic E-state index is 0.0670. The predicted molar refractivity (Wildman–Crippen MR) is 87.4 cm³/mol. The van der Waals surface area contributed by atoms with Crippen molar-refractivity contribution in [2.24, 2.45) is 5.41 Å². The molecule has 4 heteroatoms. The first-order valence-corrected chi connectivity index (χ1v) is 8.44. The molecular formula is C16H30N2OS. The molecule has 1 atom stereocenters. The second-order valence-electron chi connectivity index (χ2n) is 6.50. The molecule has 1 heterocycles. The van der Waals surface area contributed by atoms with Gasteiger partial charge in [-0.25, -0.2) is 4.98 Å². The second-order valence-corrected chi connectivity index (χ2v) is 7.61. The zero-order chi connectivity index (χ0) is 15.3. The minimum atomic E-state index is 0.0670. The van der Waals surface area contributed by atoms with Crippen LogP contribution in [0.15, 0.2) is 0 Å². The zero-order valence-corrected chi connectivity index (χ0v) is 14.9. The molecule has 0 saturated heterocycles. The van der Waals surface area contributed by atoms with E-state index in [1.165, 1.54) is 10.6 Å². The van der Waals surface area contributed by atoms with Crippen LogP contribution in [0.3, 0.4) is 0 Å². The van der Waals surface area contributed by atoms with Crippen molar-refractivity contribution in [3.8, 4) is 0 Å². The molecule has 1 aromatic heterocycles. The standard InChI is InChI=1S/C16H30N2OS/c1-8-17-10-12-13(11(3)4)18-15(20-12)14(19-9-2)16(5,6)7/h11,14,17H,8-10H2,1-7H3. The highest BCUT2D eigenvalue weighted by molar-refractivity contribution is 7.11. The van der Waals surface area contributed by atoms with Crippen molar-refractivity contribution >= 4 is 11.3 Å². The van der Waals surface area contributed by atoms with Crippen LogP contribution in [0.25, 0.3) is 0 Å². The Labute approximate surface area is 128 Å². The summed E-state index contributed by atoms with van der Waals surface area (Å²) < 4.78 is 5.97. The Kier molecular flexibility index (Phi) is 6.62. The molecule has 20 heavy (non-hydrogen) atoms. The van der Waals surface area contributed by atoms with Crippen LogP contribution in [0.5, 0.6) is 0 Å². The van der Waals surface area contributed by atoms with E-state index in [9.17, 15) is 0 Å². The Morgan fingerprint density at radius 2 is 1.90 bits per heavy atom. The third-order valence-electron chi connectivity index (χ3n) is 3.17. The number of ether oxygens (including phenoxy) is 1. The van der Waals surface area contributed by atoms with E-state index in [4.69, 9.17) is 9.72 Å². The van der Waals surface area contributed by atoms with Crippen molar-refractivity contribution in [1.29, 1.82) is 0 Å². The first kappa shape index (κ1) is 17.6. The minimum Gasteiger partial charge on any atom is -0.371 e. The third kappa shape index (κ3) is 4.54. The Balaban J connectivity index is 3.10. The molecule has 0 radical (unpaired) electrons. The van der Waals surface area contributed by atoms with Gasteiger partial charge in [-0.3, -0.25) is 0 Å². The second kappa shape index (κ2) is 7.53. The van der Waals surface area contributed by atoms with Crippen LogP contribution >= 0.6 is 11.3 Å². The topological polar surface area (TPSA) is 34.1 Å². The average molecular weight is 298 g/mol. The van der Waals surface area contributed by atoms with Crippen molar-refractivity contribution in [2.75, 3.05) is 13.2 Å². The van der Waals surface area contributed by atoms with E-state index >= 15 is 0 Å². The number of aromatic nitrogens is 1. The highest BCUT2D eigenvalue weighted by Crippen LogP contribution is 2.39. The summed E-state index contributed by atoms with van der Waals surface area (Å²) in [6, 6.07) is 0. The zero-order valence-electron chi connectivity index (χ0n) is 14.0. The molecule has 0 fully saturated rings. The summed E-state index contributed by atoms with van der Waals surface area (Å²) in [5.74, 6) is 0.455. The van der Waals surface area contributed by atoms with Gasteiger partial charge in [0, 0.05) is 18.0 Å². The van der Waals surface area contributed by atoms with Gasteiger partial charge in [-0.1, -0.05) is 41.5 Å². The lowest BCUT2D eigenvalue weighted by Crippen LogP contribution is -2.21. The lowest BCUT2D eigenvalue weighted by molar-refractivity contribution is -0.0134. The summed E-state index contributed by atoms with van der Waals surface area (Å²) in [5.41, 5.74) is 1.29. The molecule has 1 unspecified atom stereocenters. The summed E-state index contributed by atoms with van der Waals surface area (Å²) in [5, 5.41) is 4.53. The van der Waals surface area contributed by atoms with Crippen molar-refractivity contribution < 1.29 is 4.74 Å². The first-order valence-electron chi connectivity index (χ1n) is 7.63. The molecule has 116 valence electrons. The fourth-order valence-electron chi connectivity index (χ4n) is 2.17. The Hall–Kier alpha value is -0.450. The van der Waals surface area contributed by atoms with Crippen LogP contribution in [-0.4, -0.2) is 18.1 Å². The van der Waals surface area contributed by atoms with Crippen molar-refractivity contribution in [3.05, 3.63) is 15.6 Å². The monoisotopic (exact) mass is 298 g/mol. The quantitative estimate of drug-likeness (QED) is 0.805. The maximum Gasteiger partial charge on any atom is 0.123 e. The molecule has 3 nitrogen and oxygen atoms in total. The average Bonchev–Trinajstić information content (AvgIpc) is 2.75. The van der Waals surface area contributed by atoms with E-state index < -0.39 is 0 Å². The maximum absolute atomic E-state index is 5.97. The van der Waals surface area contributed by atoms with E-state index in [1.54, 1.807) is 11.3 Å². The molecule has 0 saturated carbocycles. The van der Waals surface area contributed by atoms with E-state index in [0.717, 1.165) is 24.7 Å². The van der Waals surface area contributed by atoms with E-state index in [-0.39, 0.29) is 11.5 Å². The number of hydrogen-bond acceptors (Lipinski definition) is 4. The number of nitrogens with one attached hydrogen (secondary N) is 1. The van der Waals surface area contributed by atoms with Gasteiger partial charge < -0.3 is 10.1 Å². The van der Waals surface area contributed by atoms with Gasteiger partial charge in [-0.15, -0.1) is 11.3 Å². The molecule has 0 aliphatic heterocycles. The Morgan fingerprint density at radius 3 is 2.35 bits per heavy atom. The smallest absolute Gasteiger partial charge is 0.123 e. The third-order valence-corrected chi connectivity index (χ3v) is 4.29. The van der Waals surface area contributed by atoms with Gasteiger partial charge in [-0.05, 0) is 24.8 Å². The van der Waals surface area contributed by atoms with Crippen LogP contribution in [0.4, 0.5) is 0 Å². The van der Waals surface area contributed by atoms with Gasteiger partial charge in [0.05, 0.1) is 5.69 Å². The molecule has 1 aromatic rings. The largest absolute Gasteiger partial charge is 0.371 e. The van der Waals surface area contributed by atoms with Crippen LogP contribution in [0, 0.1) is 5.41 Å². The summed E-state index contributed by atoms with van der Waals surface area (Å²) in [6.07, 6.45) is 0.0744. The highest BCUT2D eigenvalue weighted by atomic mass is 32.1. The van der Waals surface area contributed by atoms with Gasteiger partial charge in [0.15, 0.2) is 0 Å². The lowest BCUT2D eigenvalue weighted by Gasteiger charge is -2.28. The summed E-state index contributed by atoms with van der Waals surface area (Å²) in [7, 11) is 0. The van der Waals surface area contributed by atoms with Gasteiger partial charge in [0.1, 0.15) is 11.1 Å². The van der Waals surface area contributed by atoms with Crippen molar-refractivity contribution in [2.45, 2.75) is 67.0 Å². The molecule has 0 amide bonds. The Morgan fingerprint density at radius 1 is 1.25 bits per heavy atom. The van der Waals surface area contributed by atoms with Gasteiger partial charge >= 0.3 is 0 Å². The van der Waals surface area contributed by atoms with E-state index in [0.29, 0.717) is 5.92 Å². The SMILES string of the molecule is CCNCc1sc(C(OCC)C(C)(C)C)nc1C(C)C. The predicted octanol–water partition coefficient (Wildman–Crippen LogP) is 4.50. The van der Waals surface area contributed by atoms with E-state index in [2.05, 4.69) is 53.8 Å². The maximum atomic E-state index is 5.97. The Bertz CT molecular complexity index is 407. The van der Waals surface area contributed by atoms with Gasteiger partial charge in [0.2, 0.25) is 0 Å². The lowest BCUT2D eigenvalue weighted by atomic mass is 9.89. The molecule has 0 bridgehead atoms. The highest BCUT2D eigenvalue weighted by Gasteiger charge is 2.30. The number of rotatable bonds is 7. The number of hydrogen-bond donors (Lipinski definition) is 1. The molecular weight excluding hydrogens is 268 g/mol. The fourth-order valence-corrected chi connectivity index (χ4v) is 3.65. The number of nitrogens with zero attached hydrogens (tertiary/aromatic N) is 1. The van der Waals surface area contributed by atoms with E-state index in [1.807, 2.05) is 0 Å². The van der Waals surface area contributed by atoms with Crippen LogP contribution in [-0.2, 0) is 11.3 Å². The first-order chi connectivity index (χ1) is 9.31. The van der Waals surface area contributed by atoms with Gasteiger partial charge in [0.25, 0.3) is 0 Å². The molecule has 1 N–H and O–H groups in total. The molecule has 1 rings (SSSR count). The van der Waals surface area contributed by atoms with Crippen LogP contribution < -0.4 is 5.32 Å². The van der Waals surface area contributed by atoms with Gasteiger partial charge in [-0.2, -0.15) is 0 Å². The summed E-state index contributed by atoms with van der Waals surface area (Å²) in [4.78, 5) is 6.25. The molecule has 0 spiro atoms. The van der Waals surface area contributed by atoms with Crippen LogP contribution in [0.2, 0.25) is 0 Å².